The van der Waals surface area contributed by atoms with Gasteiger partial charge in [0.15, 0.2) is 0 Å². The summed E-state index contributed by atoms with van der Waals surface area (Å²) in [4.78, 5) is 19.1. The maximum Gasteiger partial charge on any atom is 0.147 e. The van der Waals surface area contributed by atoms with E-state index in [1.165, 1.54) is 16.7 Å². The molecule has 1 aromatic heterocycles. The van der Waals surface area contributed by atoms with Crippen molar-refractivity contribution in [3.63, 3.8) is 0 Å². The smallest absolute Gasteiger partial charge is 0.147 e. The molecule has 0 radical (unpaired) electrons. The van der Waals surface area contributed by atoms with E-state index in [4.69, 9.17) is 16.6 Å². The van der Waals surface area contributed by atoms with Crippen molar-refractivity contribution in [2.45, 2.75) is 31.8 Å². The minimum absolute atomic E-state index is 0.0786. The van der Waals surface area contributed by atoms with Gasteiger partial charge in [-0.25, -0.2) is 0 Å². The molecule has 5 heteroatoms. The van der Waals surface area contributed by atoms with E-state index in [1.54, 1.807) is 6.92 Å². The van der Waals surface area contributed by atoms with Gasteiger partial charge >= 0.3 is 0 Å². The predicted molar refractivity (Wildman–Crippen MR) is 99.0 cm³/mol. The number of pyridine rings is 1. The Kier molecular flexibility index (Phi) is 4.59. The summed E-state index contributed by atoms with van der Waals surface area (Å²) in [6, 6.07) is 10.3. The first-order valence-electron chi connectivity index (χ1n) is 8.83. The zero-order valence-electron chi connectivity index (χ0n) is 14.3. The van der Waals surface area contributed by atoms with Gasteiger partial charge in [0.05, 0.1) is 17.8 Å². The van der Waals surface area contributed by atoms with E-state index in [0.29, 0.717) is 6.54 Å². The molecule has 130 valence electrons. The highest BCUT2D eigenvalue weighted by Gasteiger charge is 2.33. The average molecular weight is 356 g/mol. The minimum Gasteiger partial charge on any atom is -0.305 e. The summed E-state index contributed by atoms with van der Waals surface area (Å²) < 4.78 is 0. The number of rotatable bonds is 2. The van der Waals surface area contributed by atoms with Gasteiger partial charge in [-0.1, -0.05) is 23.7 Å². The van der Waals surface area contributed by atoms with Crippen molar-refractivity contribution < 1.29 is 4.79 Å². The predicted octanol–water partition coefficient (Wildman–Crippen LogP) is 2.79. The van der Waals surface area contributed by atoms with Gasteiger partial charge < -0.3 is 5.32 Å². The molecule has 4 nitrogen and oxygen atoms in total. The van der Waals surface area contributed by atoms with Crippen LogP contribution in [-0.2, 0) is 17.6 Å². The number of piperazine rings is 1. The summed E-state index contributed by atoms with van der Waals surface area (Å²) in [5.74, 6) is 0.191. The molecule has 0 spiro atoms. The molecule has 1 aromatic carbocycles. The largest absolute Gasteiger partial charge is 0.305 e. The van der Waals surface area contributed by atoms with Gasteiger partial charge in [-0.3, -0.25) is 14.7 Å². The first-order chi connectivity index (χ1) is 12.1. The summed E-state index contributed by atoms with van der Waals surface area (Å²) in [6.45, 7) is 4.07. The third-order valence-corrected chi connectivity index (χ3v) is 5.55. The number of nitrogens with zero attached hydrogens (tertiary/aromatic N) is 2. The first kappa shape index (κ1) is 16.7. The lowest BCUT2D eigenvalue weighted by molar-refractivity contribution is -0.120. The number of hydrogen-bond acceptors (Lipinski definition) is 4. The van der Waals surface area contributed by atoms with E-state index in [2.05, 4.69) is 28.4 Å². The van der Waals surface area contributed by atoms with Crippen LogP contribution in [-0.4, -0.2) is 41.3 Å². The minimum atomic E-state index is -0.111. The summed E-state index contributed by atoms with van der Waals surface area (Å²) in [7, 11) is 0. The Balaban J connectivity index is 1.81. The van der Waals surface area contributed by atoms with E-state index < -0.39 is 0 Å². The Hall–Kier alpha value is -1.75. The average Bonchev–Trinajstić information content (AvgIpc) is 2.78. The lowest BCUT2D eigenvalue weighted by Crippen LogP contribution is -2.54. The maximum absolute atomic E-state index is 11.9. The number of aryl methyl sites for hydroxylation is 2. The number of benzene rings is 1. The molecule has 0 bridgehead atoms. The molecule has 0 saturated carbocycles. The number of carbonyl (C=O) groups excluding carboxylic acids is 1. The van der Waals surface area contributed by atoms with E-state index in [0.717, 1.165) is 36.6 Å². The van der Waals surface area contributed by atoms with Crippen LogP contribution in [0.5, 0.6) is 0 Å². The fraction of sp³-hybridized carbons (Fsp3) is 0.400. The van der Waals surface area contributed by atoms with Crippen molar-refractivity contribution in [2.75, 3.05) is 19.6 Å². The normalized spacial score (nSPS) is 23.4. The summed E-state index contributed by atoms with van der Waals surface area (Å²) in [5.41, 5.74) is 4.96. The van der Waals surface area contributed by atoms with Crippen molar-refractivity contribution in [1.29, 1.82) is 0 Å². The molecule has 2 atom stereocenters. The molecule has 1 N–H and O–H groups in total. The zero-order valence-corrected chi connectivity index (χ0v) is 15.1. The van der Waals surface area contributed by atoms with E-state index in [1.807, 2.05) is 18.3 Å². The fourth-order valence-corrected chi connectivity index (χ4v) is 4.23. The topological polar surface area (TPSA) is 45.2 Å². The van der Waals surface area contributed by atoms with Crippen LogP contribution in [0.1, 0.15) is 35.3 Å². The Morgan fingerprint density at radius 2 is 2.12 bits per heavy atom. The van der Waals surface area contributed by atoms with Gasteiger partial charge in [-0.05, 0) is 54.7 Å². The van der Waals surface area contributed by atoms with Gasteiger partial charge in [0.25, 0.3) is 0 Å². The standard InChI is InChI=1S/C20H22ClN3O/c1-13(25)18-12-24(10-9-22-18)20-17-7-6-16(21)11-15(17)5-4-14-3-2-8-23-19(14)20/h2-3,6-8,11,18,20,22H,4-5,9-10,12H2,1H3/t18-,20?/m1/s1. The number of Topliss-reactive ketones (excluding diaryl/α,β-unsaturated/α-hetero) is 1. The van der Waals surface area contributed by atoms with Gasteiger partial charge in [0.1, 0.15) is 5.78 Å². The molecule has 1 unspecified atom stereocenters. The Labute approximate surface area is 153 Å². The highest BCUT2D eigenvalue weighted by atomic mass is 35.5. The number of fused-ring (bicyclic) bond motifs is 2. The summed E-state index contributed by atoms with van der Waals surface area (Å²) in [5, 5.41) is 4.10. The van der Waals surface area contributed by atoms with Gasteiger partial charge in [-0.15, -0.1) is 0 Å². The van der Waals surface area contributed by atoms with Crippen LogP contribution in [0.15, 0.2) is 36.5 Å². The van der Waals surface area contributed by atoms with Crippen molar-refractivity contribution in [3.05, 3.63) is 63.9 Å². The SMILES string of the molecule is CC(=O)[C@H]1CN(C2c3ccc(Cl)cc3CCc3cccnc32)CCN1. The van der Waals surface area contributed by atoms with Crippen LogP contribution in [0.3, 0.4) is 0 Å². The van der Waals surface area contributed by atoms with E-state index in [9.17, 15) is 4.79 Å². The number of ketones is 1. The third-order valence-electron chi connectivity index (χ3n) is 5.31. The molecular weight excluding hydrogens is 334 g/mol. The van der Waals surface area contributed by atoms with Crippen molar-refractivity contribution in [3.8, 4) is 0 Å². The van der Waals surface area contributed by atoms with Crippen LogP contribution >= 0.6 is 11.6 Å². The summed E-state index contributed by atoms with van der Waals surface area (Å²) >= 11 is 6.26. The van der Waals surface area contributed by atoms with Gasteiger partial charge in [0.2, 0.25) is 0 Å². The number of aromatic nitrogens is 1. The molecule has 25 heavy (non-hydrogen) atoms. The van der Waals surface area contributed by atoms with Crippen LogP contribution in [0, 0.1) is 0 Å². The van der Waals surface area contributed by atoms with Crippen LogP contribution in [0.4, 0.5) is 0 Å². The second-order valence-corrected chi connectivity index (χ2v) is 7.34. The molecule has 0 amide bonds. The number of nitrogens with one attached hydrogen (secondary N) is 1. The molecule has 1 fully saturated rings. The highest BCUT2D eigenvalue weighted by Crippen LogP contribution is 2.37. The molecule has 2 aromatic rings. The number of carbonyl (C=O) groups is 1. The maximum atomic E-state index is 11.9. The molecule has 2 aliphatic rings. The second kappa shape index (κ2) is 6.87. The zero-order chi connectivity index (χ0) is 17.4. The third kappa shape index (κ3) is 3.22. The van der Waals surface area contributed by atoms with Crippen molar-refractivity contribution in [1.82, 2.24) is 15.2 Å². The molecule has 4 rings (SSSR count). The van der Waals surface area contributed by atoms with Crippen molar-refractivity contribution >= 4 is 17.4 Å². The Morgan fingerprint density at radius 3 is 2.96 bits per heavy atom. The van der Waals surface area contributed by atoms with E-state index in [-0.39, 0.29) is 17.9 Å². The van der Waals surface area contributed by atoms with Gasteiger partial charge in [-0.2, -0.15) is 0 Å². The molecule has 1 aliphatic heterocycles. The van der Waals surface area contributed by atoms with Gasteiger partial charge in [0, 0.05) is 30.9 Å². The molecule has 1 saturated heterocycles. The van der Waals surface area contributed by atoms with Crippen molar-refractivity contribution in [2.24, 2.45) is 0 Å². The number of hydrogen-bond donors (Lipinski definition) is 1. The fourth-order valence-electron chi connectivity index (χ4n) is 4.03. The molecule has 1 aliphatic carbocycles. The quantitative estimate of drug-likeness (QED) is 0.899. The van der Waals surface area contributed by atoms with E-state index >= 15 is 0 Å². The number of halogens is 1. The van der Waals surface area contributed by atoms with Crippen LogP contribution in [0.25, 0.3) is 0 Å². The van der Waals surface area contributed by atoms with Crippen LogP contribution < -0.4 is 5.32 Å². The lowest BCUT2D eigenvalue weighted by atomic mass is 9.95. The monoisotopic (exact) mass is 355 g/mol. The highest BCUT2D eigenvalue weighted by molar-refractivity contribution is 6.30. The molecular formula is C20H22ClN3O. The summed E-state index contributed by atoms with van der Waals surface area (Å²) in [6.07, 6.45) is 3.81. The molecule has 2 heterocycles. The van der Waals surface area contributed by atoms with Crippen LogP contribution in [0.2, 0.25) is 5.02 Å². The Bertz CT molecular complexity index is 807. The first-order valence-corrected chi connectivity index (χ1v) is 9.21. The Morgan fingerprint density at radius 1 is 1.28 bits per heavy atom. The second-order valence-electron chi connectivity index (χ2n) is 6.91. The lowest BCUT2D eigenvalue weighted by Gasteiger charge is -2.38.